The Morgan fingerprint density at radius 2 is 1.76 bits per heavy atom. The standard InChI is InChI=1S/C15H17N3O3/c1-9(10-6-4-3-5-7-10)21-12-8-11(14(16)19)18(2)13(12)15(17)20/h3-9H,1-2H3,(H2,16,19)(H2,17,20). The van der Waals surface area contributed by atoms with Crippen LogP contribution >= 0.6 is 0 Å². The highest BCUT2D eigenvalue weighted by Crippen LogP contribution is 2.28. The van der Waals surface area contributed by atoms with Crippen LogP contribution < -0.4 is 16.2 Å². The Labute approximate surface area is 122 Å². The van der Waals surface area contributed by atoms with Crippen LogP contribution in [0.15, 0.2) is 36.4 Å². The minimum Gasteiger partial charge on any atom is -0.484 e. The van der Waals surface area contributed by atoms with Gasteiger partial charge in [-0.1, -0.05) is 30.3 Å². The predicted octanol–water partition coefficient (Wildman–Crippen LogP) is 1.36. The Morgan fingerprint density at radius 1 is 1.14 bits per heavy atom. The lowest BCUT2D eigenvalue weighted by Crippen LogP contribution is -2.21. The van der Waals surface area contributed by atoms with Gasteiger partial charge in [0.2, 0.25) is 0 Å². The van der Waals surface area contributed by atoms with Crippen LogP contribution in [0.3, 0.4) is 0 Å². The fourth-order valence-electron chi connectivity index (χ4n) is 2.17. The largest absolute Gasteiger partial charge is 0.484 e. The summed E-state index contributed by atoms with van der Waals surface area (Å²) in [5, 5.41) is 0. The normalized spacial score (nSPS) is 11.9. The number of nitrogens with zero attached hydrogens (tertiary/aromatic N) is 1. The van der Waals surface area contributed by atoms with Crippen LogP contribution in [0.2, 0.25) is 0 Å². The molecule has 1 aromatic heterocycles. The molecule has 110 valence electrons. The van der Waals surface area contributed by atoms with Crippen molar-refractivity contribution < 1.29 is 14.3 Å². The van der Waals surface area contributed by atoms with Crippen molar-refractivity contribution in [3.8, 4) is 5.75 Å². The van der Waals surface area contributed by atoms with Crippen molar-refractivity contribution in [3.05, 3.63) is 53.3 Å². The van der Waals surface area contributed by atoms with E-state index >= 15 is 0 Å². The van der Waals surface area contributed by atoms with Crippen LogP contribution in [0.4, 0.5) is 0 Å². The molecule has 1 atom stereocenters. The molecule has 21 heavy (non-hydrogen) atoms. The molecule has 0 bridgehead atoms. The molecule has 0 radical (unpaired) electrons. The first-order chi connectivity index (χ1) is 9.91. The number of primary amides is 2. The molecule has 2 amide bonds. The molecule has 0 aliphatic heterocycles. The third kappa shape index (κ3) is 2.89. The highest BCUT2D eigenvalue weighted by molar-refractivity contribution is 5.99. The highest BCUT2D eigenvalue weighted by Gasteiger charge is 2.22. The average molecular weight is 287 g/mol. The van der Waals surface area contributed by atoms with Gasteiger partial charge in [-0.05, 0) is 12.5 Å². The van der Waals surface area contributed by atoms with Crippen molar-refractivity contribution in [1.29, 1.82) is 0 Å². The Balaban J connectivity index is 2.38. The summed E-state index contributed by atoms with van der Waals surface area (Å²) in [6.45, 7) is 1.84. The molecule has 0 fully saturated rings. The molecule has 6 heteroatoms. The SMILES string of the molecule is CC(Oc1cc(C(N)=O)n(C)c1C(N)=O)c1ccccc1. The molecule has 4 N–H and O–H groups in total. The zero-order valence-electron chi connectivity index (χ0n) is 11.9. The molecule has 1 heterocycles. The summed E-state index contributed by atoms with van der Waals surface area (Å²) >= 11 is 0. The highest BCUT2D eigenvalue weighted by atomic mass is 16.5. The lowest BCUT2D eigenvalue weighted by Gasteiger charge is -2.15. The van der Waals surface area contributed by atoms with E-state index in [1.807, 2.05) is 37.3 Å². The minimum absolute atomic E-state index is 0.117. The Morgan fingerprint density at radius 3 is 2.29 bits per heavy atom. The van der Waals surface area contributed by atoms with E-state index in [1.165, 1.54) is 10.6 Å². The third-order valence-corrected chi connectivity index (χ3v) is 3.26. The summed E-state index contributed by atoms with van der Waals surface area (Å²) in [5.74, 6) is -1.09. The fourth-order valence-corrected chi connectivity index (χ4v) is 2.17. The zero-order valence-corrected chi connectivity index (χ0v) is 11.9. The lowest BCUT2D eigenvalue weighted by molar-refractivity contribution is 0.0984. The molecule has 0 aliphatic carbocycles. The second kappa shape index (κ2) is 5.70. The summed E-state index contributed by atoms with van der Waals surface area (Å²) < 4.78 is 7.12. The van der Waals surface area contributed by atoms with Crippen molar-refractivity contribution in [2.24, 2.45) is 18.5 Å². The Kier molecular flexibility index (Phi) is 3.98. The minimum atomic E-state index is -0.680. The van der Waals surface area contributed by atoms with Crippen LogP contribution in [0.5, 0.6) is 5.75 Å². The third-order valence-electron chi connectivity index (χ3n) is 3.26. The van der Waals surface area contributed by atoms with Gasteiger partial charge in [0, 0.05) is 13.1 Å². The summed E-state index contributed by atoms with van der Waals surface area (Å²) in [4.78, 5) is 22.9. The second-order valence-electron chi connectivity index (χ2n) is 4.70. The molecular weight excluding hydrogens is 270 g/mol. The van der Waals surface area contributed by atoms with Crippen LogP contribution in [-0.2, 0) is 7.05 Å². The van der Waals surface area contributed by atoms with E-state index in [-0.39, 0.29) is 23.2 Å². The average Bonchev–Trinajstić information content (AvgIpc) is 2.76. The van der Waals surface area contributed by atoms with Gasteiger partial charge in [0.05, 0.1) is 0 Å². The molecule has 1 unspecified atom stereocenters. The lowest BCUT2D eigenvalue weighted by atomic mass is 10.1. The van der Waals surface area contributed by atoms with Crippen LogP contribution in [0, 0.1) is 0 Å². The van der Waals surface area contributed by atoms with E-state index in [9.17, 15) is 9.59 Å². The van der Waals surface area contributed by atoms with Gasteiger partial charge < -0.3 is 20.8 Å². The van der Waals surface area contributed by atoms with Crippen LogP contribution in [-0.4, -0.2) is 16.4 Å². The maximum Gasteiger partial charge on any atom is 0.269 e. The number of hydrogen-bond acceptors (Lipinski definition) is 3. The van der Waals surface area contributed by atoms with Crippen molar-refractivity contribution in [2.75, 3.05) is 0 Å². The van der Waals surface area contributed by atoms with Crippen LogP contribution in [0.25, 0.3) is 0 Å². The van der Waals surface area contributed by atoms with Crippen LogP contribution in [0.1, 0.15) is 39.6 Å². The molecule has 0 saturated heterocycles. The molecule has 0 saturated carbocycles. The van der Waals surface area contributed by atoms with Gasteiger partial charge in [-0.2, -0.15) is 0 Å². The number of hydrogen-bond donors (Lipinski definition) is 2. The Hall–Kier alpha value is -2.76. The number of ether oxygens (including phenoxy) is 1. The number of nitrogens with two attached hydrogens (primary N) is 2. The number of rotatable bonds is 5. The molecule has 1 aromatic carbocycles. The molecule has 0 spiro atoms. The Bertz CT molecular complexity index is 677. The summed E-state index contributed by atoms with van der Waals surface area (Å²) in [5.41, 5.74) is 11.8. The number of carbonyl (C=O) groups is 2. The molecule has 0 aliphatic rings. The number of aromatic nitrogens is 1. The van der Waals surface area contributed by atoms with Gasteiger partial charge in [0.1, 0.15) is 17.5 Å². The maximum atomic E-state index is 11.6. The van der Waals surface area contributed by atoms with Gasteiger partial charge in [-0.15, -0.1) is 0 Å². The van der Waals surface area contributed by atoms with Crippen molar-refractivity contribution in [1.82, 2.24) is 4.57 Å². The van der Waals surface area contributed by atoms with E-state index in [2.05, 4.69) is 0 Å². The molecule has 2 aromatic rings. The number of benzene rings is 1. The van der Waals surface area contributed by atoms with E-state index in [4.69, 9.17) is 16.2 Å². The number of carbonyl (C=O) groups excluding carboxylic acids is 2. The fraction of sp³-hybridized carbons (Fsp3) is 0.200. The maximum absolute atomic E-state index is 11.6. The van der Waals surface area contributed by atoms with Gasteiger partial charge in [-0.3, -0.25) is 9.59 Å². The topological polar surface area (TPSA) is 100 Å². The van der Waals surface area contributed by atoms with E-state index in [0.29, 0.717) is 0 Å². The molecular formula is C15H17N3O3. The van der Waals surface area contributed by atoms with E-state index in [1.54, 1.807) is 7.05 Å². The summed E-state index contributed by atoms with van der Waals surface area (Å²) in [6.07, 6.45) is -0.299. The first-order valence-corrected chi connectivity index (χ1v) is 6.42. The van der Waals surface area contributed by atoms with E-state index < -0.39 is 11.8 Å². The first-order valence-electron chi connectivity index (χ1n) is 6.42. The quantitative estimate of drug-likeness (QED) is 0.868. The smallest absolute Gasteiger partial charge is 0.269 e. The first kappa shape index (κ1) is 14.6. The van der Waals surface area contributed by atoms with Gasteiger partial charge >= 0.3 is 0 Å². The summed E-state index contributed by atoms with van der Waals surface area (Å²) in [6, 6.07) is 10.9. The molecule has 6 nitrogen and oxygen atoms in total. The van der Waals surface area contributed by atoms with E-state index in [0.717, 1.165) is 5.56 Å². The zero-order chi connectivity index (χ0) is 15.6. The van der Waals surface area contributed by atoms with Gasteiger partial charge in [0.15, 0.2) is 5.75 Å². The van der Waals surface area contributed by atoms with Gasteiger partial charge in [-0.25, -0.2) is 0 Å². The monoisotopic (exact) mass is 287 g/mol. The van der Waals surface area contributed by atoms with Gasteiger partial charge in [0.25, 0.3) is 11.8 Å². The number of amides is 2. The van der Waals surface area contributed by atoms with Crippen molar-refractivity contribution >= 4 is 11.8 Å². The predicted molar refractivity (Wildman–Crippen MR) is 77.9 cm³/mol. The second-order valence-corrected chi connectivity index (χ2v) is 4.70. The molecule has 2 rings (SSSR count). The summed E-state index contributed by atoms with van der Waals surface area (Å²) in [7, 11) is 1.54. The van der Waals surface area contributed by atoms with Crippen molar-refractivity contribution in [3.63, 3.8) is 0 Å². The van der Waals surface area contributed by atoms with Crippen molar-refractivity contribution in [2.45, 2.75) is 13.0 Å².